The van der Waals surface area contributed by atoms with Crippen LogP contribution < -0.4 is 10.6 Å². The van der Waals surface area contributed by atoms with Crippen LogP contribution in [0.4, 0.5) is 0 Å². The van der Waals surface area contributed by atoms with Gasteiger partial charge in [0.1, 0.15) is 11.0 Å². The third kappa shape index (κ3) is 5.73. The molecule has 2 rings (SSSR count). The molecule has 1 aromatic carbocycles. The average molecular weight is 342 g/mol. The molecule has 0 bridgehead atoms. The Kier molecular flexibility index (Phi) is 8.69. The molecule has 22 heavy (non-hydrogen) atoms. The van der Waals surface area contributed by atoms with E-state index < -0.39 is 0 Å². The molecule has 1 heterocycles. The smallest absolute Gasteiger partial charge is 0.234 e. The van der Waals surface area contributed by atoms with Crippen molar-refractivity contribution >= 4 is 29.7 Å². The lowest BCUT2D eigenvalue weighted by molar-refractivity contribution is -0.120. The molecule has 1 unspecified atom stereocenters. The Hall–Kier alpha value is -1.47. The number of hydrogen-bond donors (Lipinski definition) is 2. The van der Waals surface area contributed by atoms with Crippen LogP contribution in [0.1, 0.15) is 16.6 Å². The van der Waals surface area contributed by atoms with Crippen LogP contribution in [-0.4, -0.2) is 37.7 Å². The molecule has 120 valence electrons. The second-order valence-corrected chi connectivity index (χ2v) is 5.38. The molecule has 0 spiro atoms. The van der Waals surface area contributed by atoms with Gasteiger partial charge in [-0.25, -0.2) is 4.98 Å². The van der Waals surface area contributed by atoms with Crippen LogP contribution in [0.5, 0.6) is 0 Å². The number of hydrogen-bond acceptors (Lipinski definition) is 5. The quantitative estimate of drug-likeness (QED) is 0.721. The minimum absolute atomic E-state index is 0. The van der Waals surface area contributed by atoms with Crippen molar-refractivity contribution in [2.24, 2.45) is 0 Å². The predicted octanol–water partition coefficient (Wildman–Crippen LogP) is 2.01. The van der Waals surface area contributed by atoms with E-state index in [4.69, 9.17) is 4.74 Å². The van der Waals surface area contributed by atoms with Crippen LogP contribution in [0.3, 0.4) is 0 Å². The molecule has 0 saturated heterocycles. The molecule has 0 aliphatic rings. The Morgan fingerprint density at radius 1 is 1.36 bits per heavy atom. The van der Waals surface area contributed by atoms with E-state index in [2.05, 4.69) is 15.6 Å². The maximum absolute atomic E-state index is 12.0. The standard InChI is InChI=1S/C15H19N3O2S.ClH/c1-20-9-7-16-11-13(19)18-14(15-17-8-10-21-15)12-5-3-2-4-6-12;/h2-6,8,10,14,16H,7,9,11H2,1H3,(H,18,19);1H. The zero-order chi connectivity index (χ0) is 14.9. The van der Waals surface area contributed by atoms with E-state index in [1.807, 2.05) is 35.7 Å². The number of aromatic nitrogens is 1. The van der Waals surface area contributed by atoms with Gasteiger partial charge in [-0.15, -0.1) is 23.7 Å². The number of carbonyl (C=O) groups is 1. The van der Waals surface area contributed by atoms with Gasteiger partial charge in [-0.3, -0.25) is 4.79 Å². The van der Waals surface area contributed by atoms with Crippen LogP contribution in [-0.2, 0) is 9.53 Å². The van der Waals surface area contributed by atoms with Crippen molar-refractivity contribution in [3.8, 4) is 0 Å². The minimum Gasteiger partial charge on any atom is -0.383 e. The average Bonchev–Trinajstić information content (AvgIpc) is 3.04. The first kappa shape index (κ1) is 18.6. The van der Waals surface area contributed by atoms with E-state index in [-0.39, 0.29) is 30.9 Å². The summed E-state index contributed by atoms with van der Waals surface area (Å²) in [5.74, 6) is -0.0600. The van der Waals surface area contributed by atoms with E-state index in [0.717, 1.165) is 10.6 Å². The molecule has 5 nitrogen and oxygen atoms in total. The van der Waals surface area contributed by atoms with E-state index in [1.165, 1.54) is 11.3 Å². The number of thiazole rings is 1. The fraction of sp³-hybridized carbons (Fsp3) is 0.333. The van der Waals surface area contributed by atoms with Crippen molar-refractivity contribution in [1.29, 1.82) is 0 Å². The molecule has 1 amide bonds. The van der Waals surface area contributed by atoms with E-state index in [9.17, 15) is 4.79 Å². The first-order valence-corrected chi connectivity index (χ1v) is 7.62. The van der Waals surface area contributed by atoms with Gasteiger partial charge in [-0.05, 0) is 5.56 Å². The van der Waals surface area contributed by atoms with Crippen molar-refractivity contribution in [3.05, 3.63) is 52.5 Å². The number of benzene rings is 1. The van der Waals surface area contributed by atoms with Crippen molar-refractivity contribution in [2.45, 2.75) is 6.04 Å². The maximum Gasteiger partial charge on any atom is 0.234 e. The number of nitrogens with one attached hydrogen (secondary N) is 2. The third-order valence-electron chi connectivity index (χ3n) is 2.91. The summed E-state index contributed by atoms with van der Waals surface area (Å²) in [7, 11) is 1.63. The summed E-state index contributed by atoms with van der Waals surface area (Å²) in [6.45, 7) is 1.50. The molecule has 0 aliphatic heterocycles. The monoisotopic (exact) mass is 341 g/mol. The predicted molar refractivity (Wildman–Crippen MR) is 90.5 cm³/mol. The van der Waals surface area contributed by atoms with Gasteiger partial charge in [-0.1, -0.05) is 30.3 Å². The van der Waals surface area contributed by atoms with E-state index >= 15 is 0 Å². The van der Waals surface area contributed by atoms with Gasteiger partial charge < -0.3 is 15.4 Å². The Labute approximate surface area is 140 Å². The molecule has 1 atom stereocenters. The molecule has 7 heteroatoms. The fourth-order valence-corrected chi connectivity index (χ4v) is 2.61. The third-order valence-corrected chi connectivity index (χ3v) is 3.75. The van der Waals surface area contributed by atoms with Crippen molar-refractivity contribution in [2.75, 3.05) is 26.8 Å². The first-order chi connectivity index (χ1) is 10.3. The van der Waals surface area contributed by atoms with Gasteiger partial charge in [-0.2, -0.15) is 0 Å². The number of amides is 1. The summed E-state index contributed by atoms with van der Waals surface area (Å²) in [4.78, 5) is 16.4. The summed E-state index contributed by atoms with van der Waals surface area (Å²) >= 11 is 1.53. The number of ether oxygens (including phenoxy) is 1. The lowest BCUT2D eigenvalue weighted by Crippen LogP contribution is -2.37. The Morgan fingerprint density at radius 2 is 2.14 bits per heavy atom. The summed E-state index contributed by atoms with van der Waals surface area (Å²) in [6.07, 6.45) is 1.75. The van der Waals surface area contributed by atoms with Gasteiger partial charge >= 0.3 is 0 Å². The number of halogens is 1. The molecular formula is C15H20ClN3O2S. The highest BCUT2D eigenvalue weighted by Gasteiger charge is 2.18. The molecule has 0 saturated carbocycles. The fourth-order valence-electron chi connectivity index (χ4n) is 1.90. The first-order valence-electron chi connectivity index (χ1n) is 6.74. The molecule has 2 aromatic rings. The van der Waals surface area contributed by atoms with Gasteiger partial charge in [0, 0.05) is 25.2 Å². The highest BCUT2D eigenvalue weighted by molar-refractivity contribution is 7.09. The van der Waals surface area contributed by atoms with Crippen LogP contribution in [0, 0.1) is 0 Å². The van der Waals surface area contributed by atoms with Crippen molar-refractivity contribution in [3.63, 3.8) is 0 Å². The normalized spacial score (nSPS) is 11.5. The largest absolute Gasteiger partial charge is 0.383 e. The molecule has 1 aromatic heterocycles. The van der Waals surface area contributed by atoms with E-state index in [0.29, 0.717) is 13.2 Å². The maximum atomic E-state index is 12.0. The van der Waals surface area contributed by atoms with Gasteiger partial charge in [0.2, 0.25) is 5.91 Å². The molecule has 2 N–H and O–H groups in total. The Morgan fingerprint density at radius 3 is 2.77 bits per heavy atom. The Balaban J connectivity index is 0.00000242. The molecule has 0 aliphatic carbocycles. The van der Waals surface area contributed by atoms with Crippen LogP contribution in [0.15, 0.2) is 41.9 Å². The Bertz CT molecular complexity index is 537. The summed E-state index contributed by atoms with van der Waals surface area (Å²) in [5, 5.41) is 8.84. The molecule has 0 radical (unpaired) electrons. The van der Waals surface area contributed by atoms with Crippen molar-refractivity contribution < 1.29 is 9.53 Å². The highest BCUT2D eigenvalue weighted by Crippen LogP contribution is 2.23. The number of nitrogens with zero attached hydrogens (tertiary/aromatic N) is 1. The van der Waals surface area contributed by atoms with E-state index in [1.54, 1.807) is 13.3 Å². The SMILES string of the molecule is COCCNCC(=O)NC(c1ccccc1)c1nccs1.Cl. The van der Waals surface area contributed by atoms with Crippen molar-refractivity contribution in [1.82, 2.24) is 15.6 Å². The zero-order valence-corrected chi connectivity index (χ0v) is 14.0. The van der Waals surface area contributed by atoms with Gasteiger partial charge in [0.25, 0.3) is 0 Å². The van der Waals surface area contributed by atoms with Crippen LogP contribution >= 0.6 is 23.7 Å². The summed E-state index contributed by atoms with van der Waals surface area (Å²) in [6, 6.07) is 9.65. The van der Waals surface area contributed by atoms with Crippen LogP contribution in [0.2, 0.25) is 0 Å². The summed E-state index contributed by atoms with van der Waals surface area (Å²) < 4.78 is 4.93. The number of rotatable bonds is 8. The number of methoxy groups -OCH3 is 1. The second kappa shape index (κ2) is 10.3. The van der Waals surface area contributed by atoms with Gasteiger partial charge in [0.05, 0.1) is 13.2 Å². The molecular weight excluding hydrogens is 322 g/mol. The number of carbonyl (C=O) groups excluding carboxylic acids is 1. The topological polar surface area (TPSA) is 63.2 Å². The lowest BCUT2D eigenvalue weighted by Gasteiger charge is -2.17. The van der Waals surface area contributed by atoms with Crippen LogP contribution in [0.25, 0.3) is 0 Å². The molecule has 0 fully saturated rings. The van der Waals surface area contributed by atoms with Gasteiger partial charge in [0.15, 0.2) is 0 Å². The second-order valence-electron chi connectivity index (χ2n) is 4.45. The summed E-state index contributed by atoms with van der Waals surface area (Å²) in [5.41, 5.74) is 1.03. The zero-order valence-electron chi connectivity index (χ0n) is 12.3. The lowest BCUT2D eigenvalue weighted by atomic mass is 10.1. The highest BCUT2D eigenvalue weighted by atomic mass is 35.5. The minimum atomic E-state index is -0.206.